The van der Waals surface area contributed by atoms with Gasteiger partial charge in [0.2, 0.25) is 0 Å². The summed E-state index contributed by atoms with van der Waals surface area (Å²) < 4.78 is 35.2. The molecule has 0 saturated heterocycles. The zero-order chi connectivity index (χ0) is 16.5. The van der Waals surface area contributed by atoms with Gasteiger partial charge < -0.3 is 19.7 Å². The molecule has 0 amide bonds. The lowest BCUT2D eigenvalue weighted by atomic mass is 10.2. The molecular formula is C15H24F2IN3O2. The van der Waals surface area contributed by atoms with Crippen molar-refractivity contribution in [3.8, 4) is 11.5 Å². The molecule has 132 valence electrons. The number of nitrogens with zero attached hydrogens (tertiary/aromatic N) is 2. The number of halogens is 3. The van der Waals surface area contributed by atoms with E-state index in [0.29, 0.717) is 23.9 Å². The molecule has 0 radical (unpaired) electrons. The van der Waals surface area contributed by atoms with E-state index >= 15 is 0 Å². The Morgan fingerprint density at radius 2 is 2.00 bits per heavy atom. The molecule has 0 aliphatic carbocycles. The minimum atomic E-state index is -2.91. The standard InChI is InChI=1S/C15H23F2N3O2.HI/c1-5-18-15(20(3)4)19-10-11-8-7-9-12(21-6-2)13(11)22-14(16)17;/h7-9,14H,5-6,10H2,1-4H3,(H,18,19);1H. The lowest BCUT2D eigenvalue weighted by Crippen LogP contribution is -2.36. The number of benzene rings is 1. The van der Waals surface area contributed by atoms with Crippen LogP contribution >= 0.6 is 24.0 Å². The predicted molar refractivity (Wildman–Crippen MR) is 98.2 cm³/mol. The summed E-state index contributed by atoms with van der Waals surface area (Å²) in [4.78, 5) is 6.23. The molecule has 0 fully saturated rings. The molecule has 5 nitrogen and oxygen atoms in total. The average molecular weight is 443 g/mol. The van der Waals surface area contributed by atoms with Crippen molar-refractivity contribution in [1.29, 1.82) is 0 Å². The first-order valence-electron chi connectivity index (χ1n) is 7.14. The lowest BCUT2D eigenvalue weighted by Gasteiger charge is -2.18. The highest BCUT2D eigenvalue weighted by Crippen LogP contribution is 2.33. The van der Waals surface area contributed by atoms with E-state index in [9.17, 15) is 8.78 Å². The summed E-state index contributed by atoms with van der Waals surface area (Å²) in [5, 5.41) is 3.11. The molecular weight excluding hydrogens is 419 g/mol. The maximum absolute atomic E-state index is 12.6. The fourth-order valence-corrected chi connectivity index (χ4v) is 1.85. The SMILES string of the molecule is CCNC(=NCc1cccc(OCC)c1OC(F)F)N(C)C.I. The summed E-state index contributed by atoms with van der Waals surface area (Å²) in [6.45, 7) is 2.13. The molecule has 0 heterocycles. The highest BCUT2D eigenvalue weighted by molar-refractivity contribution is 14.0. The van der Waals surface area contributed by atoms with E-state index in [1.54, 1.807) is 25.1 Å². The Morgan fingerprint density at radius 1 is 1.30 bits per heavy atom. The fourth-order valence-electron chi connectivity index (χ4n) is 1.85. The van der Waals surface area contributed by atoms with Crippen molar-refractivity contribution < 1.29 is 18.3 Å². The molecule has 0 aliphatic rings. The molecule has 0 atom stereocenters. The van der Waals surface area contributed by atoms with Gasteiger partial charge in [0.05, 0.1) is 13.2 Å². The Balaban J connectivity index is 0.00000484. The number of nitrogens with one attached hydrogen (secondary N) is 1. The molecule has 1 aromatic rings. The molecule has 0 aromatic heterocycles. The van der Waals surface area contributed by atoms with Gasteiger partial charge in [-0.3, -0.25) is 0 Å². The fraction of sp³-hybridized carbons (Fsp3) is 0.533. The van der Waals surface area contributed by atoms with Gasteiger partial charge in [-0.05, 0) is 19.9 Å². The predicted octanol–water partition coefficient (Wildman–Crippen LogP) is 3.33. The number of alkyl halides is 2. The maximum atomic E-state index is 12.6. The Bertz CT molecular complexity index is 500. The lowest BCUT2D eigenvalue weighted by molar-refractivity contribution is -0.0520. The Hall–Kier alpha value is -1.32. The van der Waals surface area contributed by atoms with E-state index in [1.807, 2.05) is 25.9 Å². The highest BCUT2D eigenvalue weighted by atomic mass is 127. The highest BCUT2D eigenvalue weighted by Gasteiger charge is 2.15. The van der Waals surface area contributed by atoms with Gasteiger partial charge >= 0.3 is 6.61 Å². The first kappa shape index (κ1) is 21.7. The van der Waals surface area contributed by atoms with Crippen molar-refractivity contribution in [2.45, 2.75) is 27.0 Å². The number of hydrogen-bond donors (Lipinski definition) is 1. The third-order valence-corrected chi connectivity index (χ3v) is 2.72. The van der Waals surface area contributed by atoms with E-state index in [2.05, 4.69) is 15.0 Å². The van der Waals surface area contributed by atoms with Crippen molar-refractivity contribution in [3.05, 3.63) is 23.8 Å². The van der Waals surface area contributed by atoms with Crippen molar-refractivity contribution in [2.24, 2.45) is 4.99 Å². The summed E-state index contributed by atoms with van der Waals surface area (Å²) in [7, 11) is 3.71. The van der Waals surface area contributed by atoms with Crippen LogP contribution in [0.3, 0.4) is 0 Å². The van der Waals surface area contributed by atoms with Crippen LogP contribution in [-0.4, -0.2) is 44.7 Å². The third kappa shape index (κ3) is 7.19. The number of rotatable bonds is 7. The molecule has 1 aromatic carbocycles. The van der Waals surface area contributed by atoms with Crippen LogP contribution < -0.4 is 14.8 Å². The quantitative estimate of drug-likeness (QED) is 0.399. The average Bonchev–Trinajstić information content (AvgIpc) is 2.45. The van der Waals surface area contributed by atoms with Gasteiger partial charge in [-0.2, -0.15) is 8.78 Å². The van der Waals surface area contributed by atoms with Crippen LogP contribution in [-0.2, 0) is 6.54 Å². The van der Waals surface area contributed by atoms with Gasteiger partial charge in [0, 0.05) is 26.2 Å². The minimum absolute atomic E-state index is 0. The number of aliphatic imine (C=N–C) groups is 1. The molecule has 23 heavy (non-hydrogen) atoms. The van der Waals surface area contributed by atoms with Crippen LogP contribution in [0.15, 0.2) is 23.2 Å². The van der Waals surface area contributed by atoms with Crippen LogP contribution in [0.25, 0.3) is 0 Å². The molecule has 0 bridgehead atoms. The third-order valence-electron chi connectivity index (χ3n) is 2.72. The van der Waals surface area contributed by atoms with Crippen molar-refractivity contribution in [1.82, 2.24) is 10.2 Å². The van der Waals surface area contributed by atoms with E-state index in [4.69, 9.17) is 4.74 Å². The zero-order valence-electron chi connectivity index (χ0n) is 13.8. The summed E-state index contributed by atoms with van der Waals surface area (Å²) in [6, 6.07) is 5.03. The summed E-state index contributed by atoms with van der Waals surface area (Å²) >= 11 is 0. The molecule has 1 N–H and O–H groups in total. The number of guanidine groups is 1. The maximum Gasteiger partial charge on any atom is 0.387 e. The van der Waals surface area contributed by atoms with Gasteiger partial charge in [-0.25, -0.2) is 4.99 Å². The Kier molecular flexibility index (Phi) is 10.6. The van der Waals surface area contributed by atoms with Crippen LogP contribution in [0.4, 0.5) is 8.78 Å². The van der Waals surface area contributed by atoms with Crippen molar-refractivity contribution in [2.75, 3.05) is 27.2 Å². The van der Waals surface area contributed by atoms with Crippen molar-refractivity contribution in [3.63, 3.8) is 0 Å². The molecule has 0 saturated carbocycles. The van der Waals surface area contributed by atoms with Crippen LogP contribution in [0.1, 0.15) is 19.4 Å². The minimum Gasteiger partial charge on any atom is -0.490 e. The molecule has 0 unspecified atom stereocenters. The number of para-hydroxylation sites is 1. The van der Waals surface area contributed by atoms with E-state index in [1.165, 1.54) is 0 Å². The van der Waals surface area contributed by atoms with Crippen LogP contribution in [0.2, 0.25) is 0 Å². The van der Waals surface area contributed by atoms with E-state index < -0.39 is 6.61 Å². The smallest absolute Gasteiger partial charge is 0.387 e. The number of hydrogen-bond acceptors (Lipinski definition) is 3. The van der Waals surface area contributed by atoms with Gasteiger partial charge in [-0.15, -0.1) is 24.0 Å². The monoisotopic (exact) mass is 443 g/mol. The Labute approximate surface area is 153 Å². The van der Waals surface area contributed by atoms with Gasteiger partial charge in [0.25, 0.3) is 0 Å². The Morgan fingerprint density at radius 3 is 2.52 bits per heavy atom. The summed E-state index contributed by atoms with van der Waals surface area (Å²) in [6.07, 6.45) is 0. The first-order valence-corrected chi connectivity index (χ1v) is 7.14. The van der Waals surface area contributed by atoms with Gasteiger partial charge in [-0.1, -0.05) is 12.1 Å². The van der Waals surface area contributed by atoms with Crippen LogP contribution in [0, 0.1) is 0 Å². The van der Waals surface area contributed by atoms with Gasteiger partial charge in [0.15, 0.2) is 17.5 Å². The van der Waals surface area contributed by atoms with E-state index in [-0.39, 0.29) is 36.3 Å². The topological polar surface area (TPSA) is 46.1 Å². The second-order valence-corrected chi connectivity index (χ2v) is 4.62. The second-order valence-electron chi connectivity index (χ2n) is 4.62. The van der Waals surface area contributed by atoms with Crippen molar-refractivity contribution >= 4 is 29.9 Å². The molecule has 1 rings (SSSR count). The zero-order valence-corrected chi connectivity index (χ0v) is 16.1. The molecule has 8 heteroatoms. The largest absolute Gasteiger partial charge is 0.490 e. The van der Waals surface area contributed by atoms with Gasteiger partial charge in [0.1, 0.15) is 0 Å². The normalized spacial score (nSPS) is 11.0. The number of ether oxygens (including phenoxy) is 2. The second kappa shape index (κ2) is 11.3. The summed E-state index contributed by atoms with van der Waals surface area (Å²) in [5.74, 6) is 1.01. The summed E-state index contributed by atoms with van der Waals surface area (Å²) in [5.41, 5.74) is 0.545. The first-order chi connectivity index (χ1) is 10.5. The molecule has 0 aliphatic heterocycles. The van der Waals surface area contributed by atoms with Crippen LogP contribution in [0.5, 0.6) is 11.5 Å². The van der Waals surface area contributed by atoms with E-state index in [0.717, 1.165) is 6.54 Å². The molecule has 0 spiro atoms.